The summed E-state index contributed by atoms with van der Waals surface area (Å²) < 4.78 is 7.72. The summed E-state index contributed by atoms with van der Waals surface area (Å²) in [5.74, 6) is 1.91. The van der Waals surface area contributed by atoms with Crippen molar-refractivity contribution in [3.05, 3.63) is 65.5 Å². The quantitative estimate of drug-likeness (QED) is 0.586. The first kappa shape index (κ1) is 20.9. The molecule has 2 fully saturated rings. The Labute approximate surface area is 190 Å². The van der Waals surface area contributed by atoms with Crippen molar-refractivity contribution < 1.29 is 4.74 Å². The molecule has 0 spiro atoms. The molecule has 0 bridgehead atoms. The summed E-state index contributed by atoms with van der Waals surface area (Å²) in [6, 6.07) is 17.6. The van der Waals surface area contributed by atoms with Crippen molar-refractivity contribution in [2.24, 2.45) is 0 Å². The molecule has 1 aliphatic carbocycles. The molecule has 168 valence electrons. The number of hydrogen-bond acceptors (Lipinski definition) is 6. The van der Waals surface area contributed by atoms with Gasteiger partial charge in [0.25, 0.3) is 0 Å². The molecule has 5 rings (SSSR count). The average Bonchev–Trinajstić information content (AvgIpc) is 3.53. The molecule has 7 heteroatoms. The van der Waals surface area contributed by atoms with E-state index < -0.39 is 0 Å². The second-order valence-corrected chi connectivity index (χ2v) is 8.93. The van der Waals surface area contributed by atoms with Gasteiger partial charge < -0.3 is 9.64 Å². The zero-order valence-corrected chi connectivity index (χ0v) is 19.0. The largest absolute Gasteiger partial charge is 0.495 e. The molecule has 32 heavy (non-hydrogen) atoms. The van der Waals surface area contributed by atoms with Crippen molar-refractivity contribution in [3.63, 3.8) is 0 Å². The van der Waals surface area contributed by atoms with E-state index in [1.165, 1.54) is 36.8 Å². The second-order valence-electron chi connectivity index (χ2n) is 8.93. The highest BCUT2D eigenvalue weighted by Gasteiger charge is 2.33. The number of tetrazole rings is 1. The Balaban J connectivity index is 1.42. The SMILES string of the molecule is COc1ccccc1N1CCN(C(c2ccc(C)cc2)c2nnnn2C2CCCC2)CC1. The lowest BCUT2D eigenvalue weighted by molar-refractivity contribution is 0.197. The van der Waals surface area contributed by atoms with Crippen LogP contribution in [0.3, 0.4) is 0 Å². The van der Waals surface area contributed by atoms with Crippen LogP contribution in [-0.2, 0) is 0 Å². The highest BCUT2D eigenvalue weighted by atomic mass is 16.5. The van der Waals surface area contributed by atoms with Crippen LogP contribution in [0.5, 0.6) is 5.75 Å². The number of anilines is 1. The maximum atomic E-state index is 5.60. The molecule has 2 aliphatic rings. The van der Waals surface area contributed by atoms with Crippen LogP contribution in [0, 0.1) is 6.92 Å². The highest BCUT2D eigenvalue weighted by molar-refractivity contribution is 5.58. The maximum absolute atomic E-state index is 5.60. The zero-order valence-electron chi connectivity index (χ0n) is 19.0. The van der Waals surface area contributed by atoms with Crippen LogP contribution in [0.15, 0.2) is 48.5 Å². The highest BCUT2D eigenvalue weighted by Crippen LogP contribution is 2.35. The summed E-state index contributed by atoms with van der Waals surface area (Å²) in [5, 5.41) is 13.1. The van der Waals surface area contributed by atoms with Gasteiger partial charge in [-0.15, -0.1) is 5.10 Å². The van der Waals surface area contributed by atoms with E-state index in [0.29, 0.717) is 6.04 Å². The number of aryl methyl sites for hydroxylation is 1. The van der Waals surface area contributed by atoms with Crippen LogP contribution >= 0.6 is 0 Å². The zero-order chi connectivity index (χ0) is 21.9. The van der Waals surface area contributed by atoms with Gasteiger partial charge in [0.2, 0.25) is 0 Å². The van der Waals surface area contributed by atoms with Crippen molar-refractivity contribution >= 4 is 5.69 Å². The monoisotopic (exact) mass is 432 g/mol. The molecule has 1 saturated heterocycles. The molecule has 2 heterocycles. The summed E-state index contributed by atoms with van der Waals surface area (Å²) in [6.07, 6.45) is 4.86. The summed E-state index contributed by atoms with van der Waals surface area (Å²) >= 11 is 0. The van der Waals surface area contributed by atoms with Gasteiger partial charge in [0, 0.05) is 26.2 Å². The van der Waals surface area contributed by atoms with Crippen molar-refractivity contribution in [1.29, 1.82) is 0 Å². The summed E-state index contributed by atoms with van der Waals surface area (Å²) in [5.41, 5.74) is 3.69. The molecular weight excluding hydrogens is 400 g/mol. The van der Waals surface area contributed by atoms with E-state index in [1.807, 2.05) is 12.1 Å². The summed E-state index contributed by atoms with van der Waals surface area (Å²) in [6.45, 7) is 5.89. The average molecular weight is 433 g/mol. The van der Waals surface area contributed by atoms with Gasteiger partial charge in [0.1, 0.15) is 5.75 Å². The molecule has 0 radical (unpaired) electrons. The van der Waals surface area contributed by atoms with E-state index in [4.69, 9.17) is 4.74 Å². The fraction of sp³-hybridized carbons (Fsp3) is 0.480. The van der Waals surface area contributed by atoms with Gasteiger partial charge in [-0.25, -0.2) is 4.68 Å². The molecule has 7 nitrogen and oxygen atoms in total. The summed E-state index contributed by atoms with van der Waals surface area (Å²) in [4.78, 5) is 4.95. The molecule has 1 aromatic heterocycles. The van der Waals surface area contributed by atoms with E-state index in [-0.39, 0.29) is 6.04 Å². The van der Waals surface area contributed by atoms with Crippen molar-refractivity contribution in [2.45, 2.75) is 44.7 Å². The Morgan fingerprint density at radius 3 is 2.38 bits per heavy atom. The van der Waals surface area contributed by atoms with Crippen molar-refractivity contribution in [2.75, 3.05) is 38.2 Å². The van der Waals surface area contributed by atoms with Gasteiger partial charge in [-0.05, 0) is 47.9 Å². The Bertz CT molecular complexity index is 1020. The molecule has 0 amide bonds. The number of methoxy groups -OCH3 is 1. The number of aromatic nitrogens is 4. The number of hydrogen-bond donors (Lipinski definition) is 0. The number of rotatable bonds is 6. The molecule has 1 aliphatic heterocycles. The standard InChI is InChI=1S/C25H32N6O/c1-19-11-13-20(14-12-19)24(25-26-27-28-31(25)21-7-3-4-8-21)30-17-15-29(16-18-30)22-9-5-6-10-23(22)32-2/h5-6,9-14,21,24H,3-4,7-8,15-18H2,1-2H3. The lowest BCUT2D eigenvalue weighted by Crippen LogP contribution is -2.48. The first-order chi connectivity index (χ1) is 15.7. The van der Waals surface area contributed by atoms with Crippen LogP contribution in [0.1, 0.15) is 54.7 Å². The fourth-order valence-electron chi connectivity index (χ4n) is 5.17. The van der Waals surface area contributed by atoms with Gasteiger partial charge >= 0.3 is 0 Å². The van der Waals surface area contributed by atoms with E-state index >= 15 is 0 Å². The van der Waals surface area contributed by atoms with Crippen LogP contribution in [0.2, 0.25) is 0 Å². The first-order valence-electron chi connectivity index (χ1n) is 11.7. The summed E-state index contributed by atoms with van der Waals surface area (Å²) in [7, 11) is 1.74. The molecule has 1 unspecified atom stereocenters. The lowest BCUT2D eigenvalue weighted by Gasteiger charge is -2.40. The van der Waals surface area contributed by atoms with Crippen LogP contribution in [0.4, 0.5) is 5.69 Å². The topological polar surface area (TPSA) is 59.3 Å². The second kappa shape index (κ2) is 9.28. The van der Waals surface area contributed by atoms with Crippen molar-refractivity contribution in [1.82, 2.24) is 25.1 Å². The molecule has 1 saturated carbocycles. The minimum atomic E-state index is 0.0611. The minimum absolute atomic E-state index is 0.0611. The molecule has 1 atom stereocenters. The number of benzene rings is 2. The lowest BCUT2D eigenvalue weighted by atomic mass is 10.0. The molecule has 2 aromatic carbocycles. The number of ether oxygens (including phenoxy) is 1. The Kier molecular flexibility index (Phi) is 6.08. The Hall–Kier alpha value is -2.93. The third-order valence-electron chi connectivity index (χ3n) is 6.93. The van der Waals surface area contributed by atoms with Crippen LogP contribution in [0.25, 0.3) is 0 Å². The molecular formula is C25H32N6O. The van der Waals surface area contributed by atoms with E-state index in [0.717, 1.165) is 43.4 Å². The third-order valence-corrected chi connectivity index (χ3v) is 6.93. The van der Waals surface area contributed by atoms with Gasteiger partial charge in [0.05, 0.1) is 24.9 Å². The van der Waals surface area contributed by atoms with Gasteiger partial charge in [-0.2, -0.15) is 0 Å². The third kappa shape index (κ3) is 4.09. The minimum Gasteiger partial charge on any atom is -0.495 e. The van der Waals surface area contributed by atoms with E-state index in [9.17, 15) is 0 Å². The smallest absolute Gasteiger partial charge is 0.173 e. The number of nitrogens with zero attached hydrogens (tertiary/aromatic N) is 6. The van der Waals surface area contributed by atoms with Crippen LogP contribution < -0.4 is 9.64 Å². The number of para-hydroxylation sites is 2. The van der Waals surface area contributed by atoms with Gasteiger partial charge in [0.15, 0.2) is 5.82 Å². The first-order valence-corrected chi connectivity index (χ1v) is 11.7. The van der Waals surface area contributed by atoms with Crippen molar-refractivity contribution in [3.8, 4) is 5.75 Å². The van der Waals surface area contributed by atoms with Gasteiger partial charge in [-0.3, -0.25) is 4.90 Å². The maximum Gasteiger partial charge on any atom is 0.173 e. The predicted molar refractivity (Wildman–Crippen MR) is 125 cm³/mol. The van der Waals surface area contributed by atoms with Gasteiger partial charge in [-0.1, -0.05) is 54.8 Å². The van der Waals surface area contributed by atoms with Crippen LogP contribution in [-0.4, -0.2) is 58.4 Å². The fourth-order valence-corrected chi connectivity index (χ4v) is 5.17. The van der Waals surface area contributed by atoms with E-state index in [2.05, 4.69) is 73.3 Å². The molecule has 3 aromatic rings. The Morgan fingerprint density at radius 2 is 1.66 bits per heavy atom. The number of piperazine rings is 1. The predicted octanol–water partition coefficient (Wildman–Crippen LogP) is 4.02. The van der Waals surface area contributed by atoms with E-state index in [1.54, 1.807) is 7.11 Å². The normalized spacial score (nSPS) is 18.8. The molecule has 0 N–H and O–H groups in total. The Morgan fingerprint density at radius 1 is 0.938 bits per heavy atom.